The predicted molar refractivity (Wildman–Crippen MR) is 75.7 cm³/mol. The van der Waals surface area contributed by atoms with E-state index in [2.05, 4.69) is 34.3 Å². The van der Waals surface area contributed by atoms with Gasteiger partial charge in [-0.05, 0) is 19.1 Å². The molecule has 1 atom stereocenters. The Hall–Kier alpha value is -0.940. The molecule has 0 saturated carbocycles. The van der Waals surface area contributed by atoms with Crippen molar-refractivity contribution in [3.05, 3.63) is 23.5 Å². The number of thioether (sulfide) groups is 1. The molecule has 2 rings (SSSR count). The molecule has 1 aromatic heterocycles. The van der Waals surface area contributed by atoms with Crippen LogP contribution in [0, 0.1) is 6.92 Å². The summed E-state index contributed by atoms with van der Waals surface area (Å²) in [7, 11) is 2.02. The standard InChI is InChI=1S/C13H21N3OS/c1-10-3-4-12(16(10)2)8-15-13(17)7-11-9-18-6-5-14-11/h3-4,11,14H,5-9H2,1-2H3,(H,15,17). The Morgan fingerprint density at radius 2 is 2.44 bits per heavy atom. The number of nitrogens with zero attached hydrogens (tertiary/aromatic N) is 1. The van der Waals surface area contributed by atoms with E-state index in [1.807, 2.05) is 18.8 Å². The molecule has 0 bridgehead atoms. The summed E-state index contributed by atoms with van der Waals surface area (Å²) in [5.74, 6) is 2.33. The van der Waals surface area contributed by atoms with Crippen LogP contribution in [-0.4, -0.2) is 34.6 Å². The summed E-state index contributed by atoms with van der Waals surface area (Å²) in [5, 5.41) is 6.37. The molecule has 2 N–H and O–H groups in total. The molecule has 0 spiro atoms. The summed E-state index contributed by atoms with van der Waals surface area (Å²) in [6.07, 6.45) is 0.580. The molecule has 0 radical (unpaired) electrons. The third-order valence-electron chi connectivity index (χ3n) is 3.37. The van der Waals surface area contributed by atoms with Crippen LogP contribution in [0.1, 0.15) is 17.8 Å². The molecule has 2 heterocycles. The molecular formula is C13H21N3OS. The molecule has 4 nitrogen and oxygen atoms in total. The Bertz CT molecular complexity index is 410. The van der Waals surface area contributed by atoms with E-state index in [-0.39, 0.29) is 5.91 Å². The number of aromatic nitrogens is 1. The van der Waals surface area contributed by atoms with Gasteiger partial charge in [0, 0.05) is 48.9 Å². The first kappa shape index (κ1) is 13.5. The van der Waals surface area contributed by atoms with Crippen LogP contribution in [0.2, 0.25) is 0 Å². The highest BCUT2D eigenvalue weighted by Crippen LogP contribution is 2.10. The summed E-state index contributed by atoms with van der Waals surface area (Å²) in [4.78, 5) is 11.8. The number of rotatable bonds is 4. The fourth-order valence-electron chi connectivity index (χ4n) is 2.08. The zero-order valence-electron chi connectivity index (χ0n) is 11.0. The van der Waals surface area contributed by atoms with Crippen molar-refractivity contribution in [3.8, 4) is 0 Å². The molecular weight excluding hydrogens is 246 g/mol. The lowest BCUT2D eigenvalue weighted by Crippen LogP contribution is -2.41. The van der Waals surface area contributed by atoms with Crippen LogP contribution in [0.3, 0.4) is 0 Å². The van der Waals surface area contributed by atoms with E-state index in [0.717, 1.165) is 23.7 Å². The number of aryl methyl sites for hydroxylation is 1. The van der Waals surface area contributed by atoms with Crippen LogP contribution in [0.4, 0.5) is 0 Å². The summed E-state index contributed by atoms with van der Waals surface area (Å²) in [6.45, 7) is 3.69. The van der Waals surface area contributed by atoms with Gasteiger partial charge in [0.05, 0.1) is 6.54 Å². The number of hydrogen-bond acceptors (Lipinski definition) is 3. The lowest BCUT2D eigenvalue weighted by molar-refractivity contribution is -0.121. The van der Waals surface area contributed by atoms with E-state index in [4.69, 9.17) is 0 Å². The van der Waals surface area contributed by atoms with E-state index in [1.54, 1.807) is 0 Å². The Labute approximate surface area is 113 Å². The van der Waals surface area contributed by atoms with Gasteiger partial charge in [-0.15, -0.1) is 0 Å². The minimum absolute atomic E-state index is 0.133. The van der Waals surface area contributed by atoms with E-state index in [0.29, 0.717) is 19.0 Å². The average Bonchev–Trinajstić information content (AvgIpc) is 2.69. The van der Waals surface area contributed by atoms with Gasteiger partial charge in [-0.25, -0.2) is 0 Å². The molecule has 100 valence electrons. The van der Waals surface area contributed by atoms with Gasteiger partial charge in [-0.2, -0.15) is 11.8 Å². The fraction of sp³-hybridized carbons (Fsp3) is 0.615. The van der Waals surface area contributed by atoms with E-state index >= 15 is 0 Å². The van der Waals surface area contributed by atoms with Crippen LogP contribution in [0.5, 0.6) is 0 Å². The highest BCUT2D eigenvalue weighted by Gasteiger charge is 2.16. The molecule has 18 heavy (non-hydrogen) atoms. The average molecular weight is 267 g/mol. The van der Waals surface area contributed by atoms with Crippen molar-refractivity contribution in [2.75, 3.05) is 18.1 Å². The van der Waals surface area contributed by atoms with Crippen LogP contribution in [0.15, 0.2) is 12.1 Å². The SMILES string of the molecule is Cc1ccc(CNC(=O)CC2CSCCN2)n1C. The number of amides is 1. The van der Waals surface area contributed by atoms with Crippen molar-refractivity contribution < 1.29 is 4.79 Å². The lowest BCUT2D eigenvalue weighted by Gasteiger charge is -2.22. The first-order chi connectivity index (χ1) is 8.66. The van der Waals surface area contributed by atoms with Crippen molar-refractivity contribution in [1.82, 2.24) is 15.2 Å². The van der Waals surface area contributed by atoms with Crippen LogP contribution < -0.4 is 10.6 Å². The van der Waals surface area contributed by atoms with Crippen LogP contribution in [0.25, 0.3) is 0 Å². The van der Waals surface area contributed by atoms with Gasteiger partial charge in [-0.3, -0.25) is 4.79 Å². The van der Waals surface area contributed by atoms with Gasteiger partial charge in [0.25, 0.3) is 0 Å². The summed E-state index contributed by atoms with van der Waals surface area (Å²) < 4.78 is 2.11. The highest BCUT2D eigenvalue weighted by atomic mass is 32.2. The highest BCUT2D eigenvalue weighted by molar-refractivity contribution is 7.99. The van der Waals surface area contributed by atoms with Crippen molar-refractivity contribution in [2.45, 2.75) is 25.9 Å². The molecule has 1 unspecified atom stereocenters. The van der Waals surface area contributed by atoms with Crippen molar-refractivity contribution >= 4 is 17.7 Å². The number of hydrogen-bond donors (Lipinski definition) is 2. The number of nitrogens with one attached hydrogen (secondary N) is 2. The molecule has 1 saturated heterocycles. The Morgan fingerprint density at radius 3 is 3.06 bits per heavy atom. The summed E-state index contributed by atoms with van der Waals surface area (Å²) in [6, 6.07) is 4.46. The molecule has 1 fully saturated rings. The Balaban J connectivity index is 1.76. The zero-order chi connectivity index (χ0) is 13.0. The largest absolute Gasteiger partial charge is 0.350 e. The van der Waals surface area contributed by atoms with Gasteiger partial charge in [0.15, 0.2) is 0 Å². The monoisotopic (exact) mass is 267 g/mol. The van der Waals surface area contributed by atoms with E-state index in [1.165, 1.54) is 5.69 Å². The molecule has 1 aliphatic rings. The lowest BCUT2D eigenvalue weighted by atomic mass is 10.2. The minimum atomic E-state index is 0.133. The quantitative estimate of drug-likeness (QED) is 0.857. The maximum atomic E-state index is 11.8. The minimum Gasteiger partial charge on any atom is -0.350 e. The fourth-order valence-corrected chi connectivity index (χ4v) is 3.03. The summed E-state index contributed by atoms with van der Waals surface area (Å²) >= 11 is 1.92. The second kappa shape index (κ2) is 6.29. The predicted octanol–water partition coefficient (Wildman–Crippen LogP) is 1.04. The molecule has 1 amide bonds. The van der Waals surface area contributed by atoms with E-state index in [9.17, 15) is 4.79 Å². The third kappa shape index (κ3) is 3.53. The van der Waals surface area contributed by atoms with E-state index < -0.39 is 0 Å². The van der Waals surface area contributed by atoms with Gasteiger partial charge in [0.2, 0.25) is 5.91 Å². The van der Waals surface area contributed by atoms with Crippen molar-refractivity contribution in [1.29, 1.82) is 0 Å². The van der Waals surface area contributed by atoms with Crippen LogP contribution >= 0.6 is 11.8 Å². The van der Waals surface area contributed by atoms with Gasteiger partial charge in [0.1, 0.15) is 0 Å². The second-order valence-corrected chi connectivity index (χ2v) is 5.88. The van der Waals surface area contributed by atoms with Crippen LogP contribution in [-0.2, 0) is 18.4 Å². The molecule has 5 heteroatoms. The number of carbonyl (C=O) groups excluding carboxylic acids is 1. The smallest absolute Gasteiger partial charge is 0.221 e. The van der Waals surface area contributed by atoms with Gasteiger partial charge in [-0.1, -0.05) is 0 Å². The first-order valence-electron chi connectivity index (χ1n) is 6.36. The Kier molecular flexibility index (Phi) is 4.72. The molecule has 0 aliphatic carbocycles. The normalized spacial score (nSPS) is 19.8. The van der Waals surface area contributed by atoms with Gasteiger partial charge < -0.3 is 15.2 Å². The van der Waals surface area contributed by atoms with Crippen molar-refractivity contribution in [2.24, 2.45) is 7.05 Å². The zero-order valence-corrected chi connectivity index (χ0v) is 11.8. The molecule has 1 aromatic rings. The maximum absolute atomic E-state index is 11.8. The van der Waals surface area contributed by atoms with Gasteiger partial charge >= 0.3 is 0 Å². The first-order valence-corrected chi connectivity index (χ1v) is 7.51. The van der Waals surface area contributed by atoms with Crippen molar-refractivity contribution in [3.63, 3.8) is 0 Å². The molecule has 0 aromatic carbocycles. The third-order valence-corrected chi connectivity index (χ3v) is 4.50. The maximum Gasteiger partial charge on any atom is 0.221 e. The second-order valence-electron chi connectivity index (χ2n) is 4.73. The number of carbonyl (C=O) groups is 1. The summed E-state index contributed by atoms with van der Waals surface area (Å²) in [5.41, 5.74) is 2.36. The molecule has 1 aliphatic heterocycles. The Morgan fingerprint density at radius 1 is 1.61 bits per heavy atom. The topological polar surface area (TPSA) is 46.1 Å².